The topological polar surface area (TPSA) is 38.1 Å². The van der Waals surface area contributed by atoms with Gasteiger partial charge in [-0.2, -0.15) is 18.3 Å². The fourth-order valence-corrected chi connectivity index (χ4v) is 2.45. The lowest BCUT2D eigenvalue weighted by molar-refractivity contribution is -0.137. The molecule has 3 rings (SSSR count). The summed E-state index contributed by atoms with van der Waals surface area (Å²) >= 11 is 0. The van der Waals surface area contributed by atoms with Gasteiger partial charge in [0.25, 0.3) is 5.91 Å². The smallest absolute Gasteiger partial charge is 0.305 e. The van der Waals surface area contributed by atoms with Crippen LogP contribution in [0.15, 0.2) is 36.5 Å². The molecule has 2 aromatic rings. The van der Waals surface area contributed by atoms with Gasteiger partial charge in [-0.1, -0.05) is 0 Å². The van der Waals surface area contributed by atoms with Gasteiger partial charge in [0.1, 0.15) is 5.69 Å². The highest BCUT2D eigenvalue weighted by Crippen LogP contribution is 2.32. The predicted molar refractivity (Wildman–Crippen MR) is 70.1 cm³/mol. The van der Waals surface area contributed by atoms with Gasteiger partial charge in [-0.15, -0.1) is 0 Å². The van der Waals surface area contributed by atoms with E-state index in [1.165, 1.54) is 17.0 Å². The molecule has 0 aliphatic carbocycles. The minimum absolute atomic E-state index is 0.0324. The van der Waals surface area contributed by atoms with Crippen LogP contribution in [0.2, 0.25) is 0 Å². The van der Waals surface area contributed by atoms with Gasteiger partial charge in [-0.25, -0.2) is 0 Å². The van der Waals surface area contributed by atoms with E-state index in [0.717, 1.165) is 12.1 Å². The Hall–Kier alpha value is -2.31. The van der Waals surface area contributed by atoms with E-state index < -0.39 is 11.7 Å². The van der Waals surface area contributed by atoms with Crippen molar-refractivity contribution in [3.63, 3.8) is 0 Å². The number of aromatic nitrogens is 2. The molecule has 0 saturated heterocycles. The highest BCUT2D eigenvalue weighted by Gasteiger charge is 2.32. The molecule has 0 fully saturated rings. The van der Waals surface area contributed by atoms with E-state index in [1.54, 1.807) is 16.9 Å². The van der Waals surface area contributed by atoms with Crippen LogP contribution in [0.25, 0.3) is 0 Å². The van der Waals surface area contributed by atoms with Gasteiger partial charge >= 0.3 is 6.18 Å². The number of benzene rings is 1. The van der Waals surface area contributed by atoms with Crippen LogP contribution < -0.4 is 4.90 Å². The summed E-state index contributed by atoms with van der Waals surface area (Å²) in [6.07, 6.45) is -2.84. The lowest BCUT2D eigenvalue weighted by Crippen LogP contribution is -2.42. The van der Waals surface area contributed by atoms with Gasteiger partial charge in [-0.3, -0.25) is 9.48 Å². The molecule has 1 aliphatic rings. The summed E-state index contributed by atoms with van der Waals surface area (Å²) in [6, 6.07) is 6.18. The fraction of sp³-hybridized carbons (Fsp3) is 0.286. The Morgan fingerprint density at radius 2 is 1.86 bits per heavy atom. The van der Waals surface area contributed by atoms with Crippen LogP contribution >= 0.6 is 0 Å². The Bertz CT molecular complexity index is 676. The number of hydrogen-bond donors (Lipinski definition) is 0. The quantitative estimate of drug-likeness (QED) is 0.810. The maximum absolute atomic E-state index is 12.6. The summed E-state index contributed by atoms with van der Waals surface area (Å²) in [4.78, 5) is 13.8. The van der Waals surface area contributed by atoms with Gasteiger partial charge in [0.05, 0.1) is 11.6 Å². The van der Waals surface area contributed by atoms with E-state index in [2.05, 4.69) is 5.10 Å². The predicted octanol–water partition coefficient (Wildman–Crippen LogP) is 3.12. The average Bonchev–Trinajstić information content (AvgIpc) is 2.92. The van der Waals surface area contributed by atoms with E-state index >= 15 is 0 Å². The molecule has 1 aliphatic heterocycles. The number of carbonyl (C=O) groups excluding carboxylic acids is 1. The van der Waals surface area contributed by atoms with Crippen molar-refractivity contribution in [3.8, 4) is 0 Å². The third-order valence-electron chi connectivity index (χ3n) is 3.51. The second-order valence-corrected chi connectivity index (χ2v) is 4.97. The maximum atomic E-state index is 12.6. The number of anilines is 1. The Kier molecular flexibility index (Phi) is 3.00. The molecule has 1 atom stereocenters. The molecule has 0 unspecified atom stereocenters. The van der Waals surface area contributed by atoms with Crippen LogP contribution in [-0.4, -0.2) is 22.2 Å². The molecular formula is C14H12F3N3O. The van der Waals surface area contributed by atoms with Crippen LogP contribution in [0, 0.1) is 0 Å². The Morgan fingerprint density at radius 3 is 2.48 bits per heavy atom. The number of hydrogen-bond acceptors (Lipinski definition) is 2. The van der Waals surface area contributed by atoms with E-state index in [-0.39, 0.29) is 11.9 Å². The summed E-state index contributed by atoms with van der Waals surface area (Å²) in [7, 11) is 0. The molecule has 0 bridgehead atoms. The number of rotatable bonds is 1. The number of carbonyl (C=O) groups is 1. The van der Waals surface area contributed by atoms with Gasteiger partial charge in [-0.05, 0) is 37.3 Å². The third-order valence-corrected chi connectivity index (χ3v) is 3.51. The summed E-state index contributed by atoms with van der Waals surface area (Å²) in [6.45, 7) is 2.28. The normalized spacial score (nSPS) is 18.8. The summed E-state index contributed by atoms with van der Waals surface area (Å²) in [5.41, 5.74) is 0.162. The Morgan fingerprint density at radius 1 is 1.19 bits per heavy atom. The molecular weight excluding hydrogens is 283 g/mol. The first-order valence-corrected chi connectivity index (χ1v) is 6.40. The number of halogens is 3. The van der Waals surface area contributed by atoms with E-state index in [4.69, 9.17) is 0 Å². The first-order valence-electron chi connectivity index (χ1n) is 6.40. The number of nitrogens with zero attached hydrogens (tertiary/aromatic N) is 3. The maximum Gasteiger partial charge on any atom is 0.416 e. The minimum atomic E-state index is -4.38. The van der Waals surface area contributed by atoms with Gasteiger partial charge < -0.3 is 4.90 Å². The molecule has 7 heteroatoms. The molecule has 0 spiro atoms. The van der Waals surface area contributed by atoms with Crippen LogP contribution in [0.1, 0.15) is 29.0 Å². The molecule has 1 aromatic heterocycles. The summed E-state index contributed by atoms with van der Waals surface area (Å²) < 4.78 is 39.3. The molecule has 1 amide bonds. The molecule has 0 saturated carbocycles. The second kappa shape index (κ2) is 4.61. The zero-order chi connectivity index (χ0) is 15.2. The number of alkyl halides is 3. The first kappa shape index (κ1) is 13.7. The van der Waals surface area contributed by atoms with Crippen molar-refractivity contribution >= 4 is 11.6 Å². The molecule has 2 heterocycles. The third kappa shape index (κ3) is 2.28. The van der Waals surface area contributed by atoms with Crippen LogP contribution in [0.5, 0.6) is 0 Å². The van der Waals surface area contributed by atoms with Gasteiger partial charge in [0.2, 0.25) is 0 Å². The monoisotopic (exact) mass is 295 g/mol. The Labute approximate surface area is 118 Å². The molecule has 0 N–H and O–H groups in total. The fourth-order valence-electron chi connectivity index (χ4n) is 2.45. The van der Waals surface area contributed by atoms with Crippen molar-refractivity contribution < 1.29 is 18.0 Å². The number of amides is 1. The number of fused-ring (bicyclic) bond motifs is 1. The van der Waals surface area contributed by atoms with Gasteiger partial charge in [0, 0.05) is 18.4 Å². The zero-order valence-electron chi connectivity index (χ0n) is 11.1. The standard InChI is InChI=1S/C14H12F3N3O/c1-9-8-19(13(21)12-6-7-18-20(9)12)11-4-2-10(3-5-11)14(15,16)17/h2-7,9H,8H2,1H3/t9-/m0/s1. The molecule has 21 heavy (non-hydrogen) atoms. The second-order valence-electron chi connectivity index (χ2n) is 4.97. The van der Waals surface area contributed by atoms with E-state index in [9.17, 15) is 18.0 Å². The van der Waals surface area contributed by atoms with E-state index in [0.29, 0.717) is 17.9 Å². The lowest BCUT2D eigenvalue weighted by atomic mass is 10.1. The van der Waals surface area contributed by atoms with Crippen molar-refractivity contribution in [3.05, 3.63) is 47.8 Å². The SMILES string of the molecule is C[C@H]1CN(c2ccc(C(F)(F)F)cc2)C(=O)c2ccnn21. The Balaban J connectivity index is 1.93. The van der Waals surface area contributed by atoms with Crippen molar-refractivity contribution in [1.29, 1.82) is 0 Å². The molecule has 1 aromatic carbocycles. The largest absolute Gasteiger partial charge is 0.416 e. The molecule has 0 radical (unpaired) electrons. The summed E-state index contributed by atoms with van der Waals surface area (Å²) in [5, 5.41) is 4.08. The average molecular weight is 295 g/mol. The van der Waals surface area contributed by atoms with Gasteiger partial charge in [0.15, 0.2) is 0 Å². The highest BCUT2D eigenvalue weighted by atomic mass is 19.4. The van der Waals surface area contributed by atoms with Crippen LogP contribution in [0.3, 0.4) is 0 Å². The minimum Gasteiger partial charge on any atom is -0.305 e. The highest BCUT2D eigenvalue weighted by molar-refractivity contribution is 6.05. The molecule has 110 valence electrons. The molecule has 4 nitrogen and oxygen atoms in total. The van der Waals surface area contributed by atoms with Crippen molar-refractivity contribution in [2.45, 2.75) is 19.1 Å². The van der Waals surface area contributed by atoms with Crippen molar-refractivity contribution in [2.75, 3.05) is 11.4 Å². The van der Waals surface area contributed by atoms with Crippen LogP contribution in [-0.2, 0) is 6.18 Å². The van der Waals surface area contributed by atoms with E-state index in [1.807, 2.05) is 6.92 Å². The first-order chi connectivity index (χ1) is 9.88. The summed E-state index contributed by atoms with van der Waals surface area (Å²) in [5.74, 6) is -0.259. The zero-order valence-corrected chi connectivity index (χ0v) is 11.1. The lowest BCUT2D eigenvalue weighted by Gasteiger charge is -2.32. The van der Waals surface area contributed by atoms with Crippen molar-refractivity contribution in [1.82, 2.24) is 9.78 Å². The van der Waals surface area contributed by atoms with Crippen molar-refractivity contribution in [2.24, 2.45) is 0 Å². The van der Waals surface area contributed by atoms with Crippen LogP contribution in [0.4, 0.5) is 18.9 Å².